The molecule has 2 aliphatic rings. The van der Waals surface area contributed by atoms with Crippen molar-refractivity contribution in [1.82, 2.24) is 4.90 Å². The lowest BCUT2D eigenvalue weighted by molar-refractivity contribution is -0.115. The maximum Gasteiger partial charge on any atom is 0.108 e. The zero-order chi connectivity index (χ0) is 12.4. The number of nitrogens with zero attached hydrogens (tertiary/aromatic N) is 1. The van der Waals surface area contributed by atoms with E-state index < -0.39 is 18.3 Å². The number of aliphatic hydroxyl groups is 4. The van der Waals surface area contributed by atoms with Crippen LogP contribution in [-0.4, -0.2) is 69.4 Å². The van der Waals surface area contributed by atoms with Crippen molar-refractivity contribution < 1.29 is 20.4 Å². The van der Waals surface area contributed by atoms with Gasteiger partial charge in [0.2, 0.25) is 0 Å². The first-order valence-electron chi connectivity index (χ1n) is 6.52. The van der Waals surface area contributed by atoms with Crippen LogP contribution in [-0.2, 0) is 0 Å². The standard InChI is InChI=1S/C12H23NO4/c14-9-4-2-1-3-8(9)5-13-6-10(15)12(17)11(16)7-13/h8-12,14-17H,1-7H2/t8?,9?,10-,11+,12?. The van der Waals surface area contributed by atoms with Crippen molar-refractivity contribution in [2.24, 2.45) is 5.92 Å². The Bertz CT molecular complexity index is 239. The molecule has 5 heteroatoms. The highest BCUT2D eigenvalue weighted by atomic mass is 16.4. The third-order valence-electron chi connectivity index (χ3n) is 4.04. The van der Waals surface area contributed by atoms with Crippen molar-refractivity contribution >= 4 is 0 Å². The van der Waals surface area contributed by atoms with Gasteiger partial charge in [-0.05, 0) is 18.8 Å². The zero-order valence-electron chi connectivity index (χ0n) is 10.1. The van der Waals surface area contributed by atoms with Crippen LogP contribution < -0.4 is 0 Å². The molecule has 0 aromatic carbocycles. The topological polar surface area (TPSA) is 84.2 Å². The van der Waals surface area contributed by atoms with Crippen LogP contribution in [0.15, 0.2) is 0 Å². The lowest BCUT2D eigenvalue weighted by atomic mass is 9.85. The Morgan fingerprint density at radius 2 is 1.41 bits per heavy atom. The number of likely N-dealkylation sites (tertiary alicyclic amines) is 1. The van der Waals surface area contributed by atoms with Gasteiger partial charge in [0.25, 0.3) is 0 Å². The molecule has 1 heterocycles. The number of aliphatic hydroxyl groups excluding tert-OH is 4. The summed E-state index contributed by atoms with van der Waals surface area (Å²) in [5, 5.41) is 38.5. The van der Waals surface area contributed by atoms with E-state index >= 15 is 0 Å². The fourth-order valence-electron chi connectivity index (χ4n) is 2.96. The first-order chi connectivity index (χ1) is 8.08. The van der Waals surface area contributed by atoms with Gasteiger partial charge in [-0.3, -0.25) is 4.90 Å². The quantitative estimate of drug-likeness (QED) is 0.498. The van der Waals surface area contributed by atoms with Gasteiger partial charge < -0.3 is 20.4 Å². The van der Waals surface area contributed by atoms with E-state index in [-0.39, 0.29) is 12.0 Å². The second-order valence-electron chi connectivity index (χ2n) is 5.46. The molecule has 0 radical (unpaired) electrons. The van der Waals surface area contributed by atoms with Gasteiger partial charge in [0.15, 0.2) is 0 Å². The molecule has 1 saturated carbocycles. The Labute approximate surface area is 102 Å². The number of hydrogen-bond acceptors (Lipinski definition) is 5. The highest BCUT2D eigenvalue weighted by Crippen LogP contribution is 2.26. The van der Waals surface area contributed by atoms with Crippen LogP contribution in [0.4, 0.5) is 0 Å². The van der Waals surface area contributed by atoms with Gasteiger partial charge in [0, 0.05) is 19.6 Å². The zero-order valence-corrected chi connectivity index (χ0v) is 10.1. The average Bonchev–Trinajstić information content (AvgIpc) is 2.29. The lowest BCUT2D eigenvalue weighted by Crippen LogP contribution is -2.56. The fraction of sp³-hybridized carbons (Fsp3) is 1.00. The molecule has 17 heavy (non-hydrogen) atoms. The summed E-state index contributed by atoms with van der Waals surface area (Å²) in [6.45, 7) is 1.45. The molecule has 0 bridgehead atoms. The molecule has 4 N–H and O–H groups in total. The molecular formula is C12H23NO4. The van der Waals surface area contributed by atoms with Gasteiger partial charge in [-0.25, -0.2) is 0 Å². The van der Waals surface area contributed by atoms with Gasteiger partial charge in [-0.2, -0.15) is 0 Å². The summed E-state index contributed by atoms with van der Waals surface area (Å²) >= 11 is 0. The van der Waals surface area contributed by atoms with E-state index in [1.54, 1.807) is 0 Å². The molecule has 2 fully saturated rings. The Morgan fingerprint density at radius 3 is 2.00 bits per heavy atom. The van der Waals surface area contributed by atoms with Crippen molar-refractivity contribution in [3.05, 3.63) is 0 Å². The molecule has 1 aliphatic heterocycles. The van der Waals surface area contributed by atoms with Gasteiger partial charge in [-0.1, -0.05) is 12.8 Å². The van der Waals surface area contributed by atoms with E-state index in [1.807, 2.05) is 4.90 Å². The van der Waals surface area contributed by atoms with Gasteiger partial charge in [0.05, 0.1) is 18.3 Å². The third-order valence-corrected chi connectivity index (χ3v) is 4.04. The van der Waals surface area contributed by atoms with E-state index in [9.17, 15) is 20.4 Å². The summed E-state index contributed by atoms with van der Waals surface area (Å²) in [5.41, 5.74) is 0. The van der Waals surface area contributed by atoms with Crippen LogP contribution in [0, 0.1) is 5.92 Å². The normalized spacial score (nSPS) is 44.8. The van der Waals surface area contributed by atoms with Crippen molar-refractivity contribution in [1.29, 1.82) is 0 Å². The monoisotopic (exact) mass is 245 g/mol. The maximum atomic E-state index is 9.88. The molecular weight excluding hydrogens is 222 g/mol. The predicted octanol–water partition coefficient (Wildman–Crippen LogP) is -1.06. The van der Waals surface area contributed by atoms with Crippen LogP contribution >= 0.6 is 0 Å². The van der Waals surface area contributed by atoms with Crippen LogP contribution in [0.1, 0.15) is 25.7 Å². The predicted molar refractivity (Wildman–Crippen MR) is 62.4 cm³/mol. The number of β-amino-alcohol motifs (C(OH)–C–C–N with tert-alkyl or cyclic N) is 2. The SMILES string of the molecule is OC1CCCCC1CN1C[C@@H](O)C(O)[C@@H](O)C1. The maximum absolute atomic E-state index is 9.88. The molecule has 1 saturated heterocycles. The Hall–Kier alpha value is -0.200. The lowest BCUT2D eigenvalue weighted by Gasteiger charge is -2.40. The molecule has 0 aromatic heterocycles. The number of rotatable bonds is 2. The molecule has 5 atom stereocenters. The van der Waals surface area contributed by atoms with E-state index in [0.717, 1.165) is 25.7 Å². The smallest absolute Gasteiger partial charge is 0.108 e. The van der Waals surface area contributed by atoms with Gasteiger partial charge >= 0.3 is 0 Å². The minimum atomic E-state index is -1.04. The molecule has 1 aliphatic carbocycles. The molecule has 5 nitrogen and oxygen atoms in total. The molecule has 100 valence electrons. The van der Waals surface area contributed by atoms with Crippen LogP contribution in [0.3, 0.4) is 0 Å². The molecule has 2 rings (SSSR count). The van der Waals surface area contributed by atoms with E-state index in [0.29, 0.717) is 19.6 Å². The van der Waals surface area contributed by atoms with Gasteiger partial charge in [0.1, 0.15) is 6.10 Å². The second-order valence-corrected chi connectivity index (χ2v) is 5.46. The minimum Gasteiger partial charge on any atom is -0.393 e. The summed E-state index contributed by atoms with van der Waals surface area (Å²) in [6.07, 6.45) is 1.01. The van der Waals surface area contributed by atoms with Crippen LogP contribution in [0.5, 0.6) is 0 Å². The van der Waals surface area contributed by atoms with E-state index in [2.05, 4.69) is 0 Å². The number of hydrogen-bond donors (Lipinski definition) is 4. The average molecular weight is 245 g/mol. The Balaban J connectivity index is 1.86. The molecule has 0 amide bonds. The summed E-state index contributed by atoms with van der Waals surface area (Å²) in [4.78, 5) is 1.95. The third kappa shape index (κ3) is 3.17. The van der Waals surface area contributed by atoms with Crippen molar-refractivity contribution in [3.63, 3.8) is 0 Å². The van der Waals surface area contributed by atoms with Crippen molar-refractivity contribution in [2.75, 3.05) is 19.6 Å². The Morgan fingerprint density at radius 1 is 0.824 bits per heavy atom. The molecule has 0 spiro atoms. The van der Waals surface area contributed by atoms with Crippen LogP contribution in [0.2, 0.25) is 0 Å². The highest BCUT2D eigenvalue weighted by molar-refractivity contribution is 4.88. The Kier molecular flexibility index (Phi) is 4.38. The molecule has 3 unspecified atom stereocenters. The second kappa shape index (κ2) is 5.63. The van der Waals surface area contributed by atoms with E-state index in [4.69, 9.17) is 0 Å². The largest absolute Gasteiger partial charge is 0.393 e. The number of piperidine rings is 1. The fourth-order valence-corrected chi connectivity index (χ4v) is 2.96. The van der Waals surface area contributed by atoms with Crippen molar-refractivity contribution in [3.8, 4) is 0 Å². The first-order valence-corrected chi connectivity index (χ1v) is 6.52. The van der Waals surface area contributed by atoms with Gasteiger partial charge in [-0.15, -0.1) is 0 Å². The van der Waals surface area contributed by atoms with Crippen molar-refractivity contribution in [2.45, 2.75) is 50.1 Å². The highest BCUT2D eigenvalue weighted by Gasteiger charge is 2.35. The summed E-state index contributed by atoms with van der Waals surface area (Å²) in [7, 11) is 0. The summed E-state index contributed by atoms with van der Waals surface area (Å²) in [5.74, 6) is 0.235. The first kappa shape index (κ1) is 13.2. The summed E-state index contributed by atoms with van der Waals surface area (Å²) < 4.78 is 0. The van der Waals surface area contributed by atoms with E-state index in [1.165, 1.54) is 0 Å². The summed E-state index contributed by atoms with van der Waals surface area (Å²) in [6, 6.07) is 0. The molecule has 0 aromatic rings. The van der Waals surface area contributed by atoms with Crippen LogP contribution in [0.25, 0.3) is 0 Å². The minimum absolute atomic E-state index is 0.235.